The van der Waals surface area contributed by atoms with Crippen LogP contribution >= 0.6 is 0 Å². The third kappa shape index (κ3) is 4.84. The summed E-state index contributed by atoms with van der Waals surface area (Å²) in [7, 11) is 1.39. The number of sulfone groups is 1. The van der Waals surface area contributed by atoms with Crippen molar-refractivity contribution in [2.75, 3.05) is 32.8 Å². The first kappa shape index (κ1) is 21.0. The van der Waals surface area contributed by atoms with Gasteiger partial charge in [-0.2, -0.15) is 0 Å². The first-order chi connectivity index (χ1) is 13.9. The van der Waals surface area contributed by atoms with E-state index in [1.165, 1.54) is 27.6 Å². The molecular formula is C20H25NO7S. The highest BCUT2D eigenvalue weighted by molar-refractivity contribution is 7.91. The lowest BCUT2D eigenvalue weighted by Gasteiger charge is -2.27. The summed E-state index contributed by atoms with van der Waals surface area (Å²) in [4.78, 5) is 14.8. The SMILES string of the molecule is COc1cc(CC(=O)N(Cc2ccco2)[C@@H]2CCS(=O)(=O)C2)cc(OC)c1OC. The largest absolute Gasteiger partial charge is 0.493 e. The Labute approximate surface area is 170 Å². The summed E-state index contributed by atoms with van der Waals surface area (Å²) in [6.45, 7) is 0.219. The summed E-state index contributed by atoms with van der Waals surface area (Å²) in [5.74, 6) is 1.82. The molecule has 0 aliphatic carbocycles. The average Bonchev–Trinajstić information content (AvgIpc) is 3.34. The molecule has 1 aromatic carbocycles. The van der Waals surface area contributed by atoms with Crippen LogP contribution in [0.15, 0.2) is 34.9 Å². The second kappa shape index (κ2) is 8.77. The van der Waals surface area contributed by atoms with E-state index in [1.807, 2.05) is 0 Å². The molecule has 0 spiro atoms. The monoisotopic (exact) mass is 423 g/mol. The second-order valence-corrected chi connectivity index (χ2v) is 9.10. The van der Waals surface area contributed by atoms with E-state index in [2.05, 4.69) is 0 Å². The predicted molar refractivity (Wildman–Crippen MR) is 106 cm³/mol. The Morgan fingerprint density at radius 1 is 1.17 bits per heavy atom. The number of nitrogens with zero attached hydrogens (tertiary/aromatic N) is 1. The summed E-state index contributed by atoms with van der Waals surface area (Å²) in [5.41, 5.74) is 0.676. The van der Waals surface area contributed by atoms with Crippen LogP contribution in [0, 0.1) is 0 Å². The average molecular weight is 423 g/mol. The normalized spacial score (nSPS) is 17.7. The van der Waals surface area contributed by atoms with Crippen molar-refractivity contribution in [2.24, 2.45) is 0 Å². The van der Waals surface area contributed by atoms with Gasteiger partial charge in [0.15, 0.2) is 21.3 Å². The van der Waals surface area contributed by atoms with E-state index in [4.69, 9.17) is 18.6 Å². The smallest absolute Gasteiger partial charge is 0.227 e. The zero-order valence-corrected chi connectivity index (χ0v) is 17.5. The minimum atomic E-state index is -3.14. The van der Waals surface area contributed by atoms with E-state index < -0.39 is 9.84 Å². The fourth-order valence-electron chi connectivity index (χ4n) is 3.53. The van der Waals surface area contributed by atoms with Gasteiger partial charge < -0.3 is 23.5 Å². The minimum absolute atomic E-state index is 0.0330. The van der Waals surface area contributed by atoms with E-state index in [1.54, 1.807) is 29.2 Å². The number of carbonyl (C=O) groups excluding carboxylic acids is 1. The standard InChI is InChI=1S/C20H25NO7S/c1-25-17-9-14(10-18(26-2)20(17)27-3)11-19(22)21(12-16-5-4-7-28-16)15-6-8-29(23,24)13-15/h4-5,7,9-10,15H,6,8,11-13H2,1-3H3/t15-/m1/s1. The summed E-state index contributed by atoms with van der Waals surface area (Å²) >= 11 is 0. The lowest BCUT2D eigenvalue weighted by atomic mass is 10.1. The third-order valence-electron chi connectivity index (χ3n) is 4.96. The van der Waals surface area contributed by atoms with Gasteiger partial charge in [-0.15, -0.1) is 0 Å². The van der Waals surface area contributed by atoms with Gasteiger partial charge in [0.05, 0.1) is 52.1 Å². The molecule has 1 fully saturated rings. The molecule has 0 bridgehead atoms. The van der Waals surface area contributed by atoms with E-state index in [9.17, 15) is 13.2 Å². The molecule has 1 amide bonds. The quantitative estimate of drug-likeness (QED) is 0.641. The molecule has 3 rings (SSSR count). The molecule has 8 nitrogen and oxygen atoms in total. The molecule has 29 heavy (non-hydrogen) atoms. The van der Waals surface area contributed by atoms with Crippen molar-refractivity contribution in [3.63, 3.8) is 0 Å². The molecule has 0 saturated carbocycles. The zero-order chi connectivity index (χ0) is 21.0. The molecule has 158 valence electrons. The van der Waals surface area contributed by atoms with Gasteiger partial charge in [-0.05, 0) is 36.2 Å². The fraction of sp³-hybridized carbons (Fsp3) is 0.450. The summed E-state index contributed by atoms with van der Waals surface area (Å²) in [5, 5.41) is 0. The maximum absolute atomic E-state index is 13.2. The molecule has 0 unspecified atom stereocenters. The number of amides is 1. The van der Waals surface area contributed by atoms with Crippen LogP contribution in [0.3, 0.4) is 0 Å². The predicted octanol–water partition coefficient (Wildman–Crippen LogP) is 2.06. The highest BCUT2D eigenvalue weighted by atomic mass is 32.2. The second-order valence-electron chi connectivity index (χ2n) is 6.87. The number of benzene rings is 1. The van der Waals surface area contributed by atoms with Gasteiger partial charge in [-0.1, -0.05) is 0 Å². The van der Waals surface area contributed by atoms with Gasteiger partial charge in [0.2, 0.25) is 11.7 Å². The zero-order valence-electron chi connectivity index (χ0n) is 16.7. The lowest BCUT2D eigenvalue weighted by Crippen LogP contribution is -2.41. The Balaban J connectivity index is 1.86. The van der Waals surface area contributed by atoms with Crippen molar-refractivity contribution < 1.29 is 31.8 Å². The number of methoxy groups -OCH3 is 3. The van der Waals surface area contributed by atoms with E-state index in [-0.39, 0.29) is 36.4 Å². The molecule has 1 aromatic heterocycles. The van der Waals surface area contributed by atoms with Crippen LogP contribution < -0.4 is 14.2 Å². The number of furan rings is 1. The van der Waals surface area contributed by atoms with Crippen molar-refractivity contribution >= 4 is 15.7 Å². The van der Waals surface area contributed by atoms with Gasteiger partial charge in [-0.3, -0.25) is 4.79 Å². The van der Waals surface area contributed by atoms with Gasteiger partial charge in [-0.25, -0.2) is 8.42 Å². The molecule has 2 heterocycles. The van der Waals surface area contributed by atoms with Crippen LogP contribution in [-0.4, -0.2) is 58.1 Å². The van der Waals surface area contributed by atoms with Gasteiger partial charge in [0.25, 0.3) is 0 Å². The summed E-state index contributed by atoms with van der Waals surface area (Å²) in [6.07, 6.45) is 2.01. The molecule has 2 aromatic rings. The minimum Gasteiger partial charge on any atom is -0.493 e. The van der Waals surface area contributed by atoms with E-state index in [0.717, 1.165) is 0 Å². The van der Waals surface area contributed by atoms with Crippen LogP contribution in [0.4, 0.5) is 0 Å². The number of hydrogen-bond acceptors (Lipinski definition) is 7. The Kier molecular flexibility index (Phi) is 6.36. The number of carbonyl (C=O) groups is 1. The molecular weight excluding hydrogens is 398 g/mol. The van der Waals surface area contributed by atoms with Crippen molar-refractivity contribution in [2.45, 2.75) is 25.4 Å². The van der Waals surface area contributed by atoms with Crippen LogP contribution in [0.5, 0.6) is 17.2 Å². The number of ether oxygens (including phenoxy) is 3. The van der Waals surface area contributed by atoms with E-state index >= 15 is 0 Å². The maximum atomic E-state index is 13.2. The van der Waals surface area contributed by atoms with Crippen molar-refractivity contribution in [1.82, 2.24) is 4.90 Å². The van der Waals surface area contributed by atoms with Gasteiger partial charge in [0, 0.05) is 6.04 Å². The third-order valence-corrected chi connectivity index (χ3v) is 6.71. The lowest BCUT2D eigenvalue weighted by molar-refractivity contribution is -0.133. The van der Waals surface area contributed by atoms with Crippen LogP contribution in [0.2, 0.25) is 0 Å². The fourth-order valence-corrected chi connectivity index (χ4v) is 5.26. The van der Waals surface area contributed by atoms with Crippen LogP contribution in [0.1, 0.15) is 17.7 Å². The van der Waals surface area contributed by atoms with Crippen molar-refractivity contribution in [3.8, 4) is 17.2 Å². The maximum Gasteiger partial charge on any atom is 0.227 e. The van der Waals surface area contributed by atoms with Gasteiger partial charge >= 0.3 is 0 Å². The Morgan fingerprint density at radius 2 is 1.86 bits per heavy atom. The molecule has 0 N–H and O–H groups in total. The Hall–Kier alpha value is -2.68. The molecule has 9 heteroatoms. The molecule has 1 aliphatic heterocycles. The molecule has 0 radical (unpaired) electrons. The van der Waals surface area contributed by atoms with E-state index in [0.29, 0.717) is 35.0 Å². The van der Waals surface area contributed by atoms with Crippen molar-refractivity contribution in [3.05, 3.63) is 41.9 Å². The molecule has 1 saturated heterocycles. The first-order valence-electron chi connectivity index (χ1n) is 9.18. The number of hydrogen-bond donors (Lipinski definition) is 0. The highest BCUT2D eigenvalue weighted by Crippen LogP contribution is 2.38. The molecule has 1 aliphatic rings. The van der Waals surface area contributed by atoms with Crippen LogP contribution in [-0.2, 0) is 27.6 Å². The van der Waals surface area contributed by atoms with Crippen LogP contribution in [0.25, 0.3) is 0 Å². The van der Waals surface area contributed by atoms with Gasteiger partial charge in [0.1, 0.15) is 5.76 Å². The van der Waals surface area contributed by atoms with Crippen molar-refractivity contribution in [1.29, 1.82) is 0 Å². The Bertz CT molecular complexity index is 928. The number of rotatable bonds is 8. The Morgan fingerprint density at radius 3 is 2.34 bits per heavy atom. The molecule has 1 atom stereocenters. The topological polar surface area (TPSA) is 95.3 Å². The summed E-state index contributed by atoms with van der Waals surface area (Å²) in [6, 6.07) is 6.57. The highest BCUT2D eigenvalue weighted by Gasteiger charge is 2.35. The first-order valence-corrected chi connectivity index (χ1v) is 11.0. The summed E-state index contributed by atoms with van der Waals surface area (Å²) < 4.78 is 45.3.